The second-order valence-corrected chi connectivity index (χ2v) is 7.07. The maximum absolute atomic E-state index is 11.9. The number of hydrogen-bond acceptors (Lipinski definition) is 5. The Bertz CT molecular complexity index is 537. The van der Waals surface area contributed by atoms with E-state index in [4.69, 9.17) is 0 Å². The van der Waals surface area contributed by atoms with Crippen LogP contribution in [-0.2, 0) is 10.2 Å². The van der Waals surface area contributed by atoms with Crippen molar-refractivity contribution < 1.29 is 9.59 Å². The Morgan fingerprint density at radius 3 is 2.67 bits per heavy atom. The Hall–Kier alpha value is -1.70. The van der Waals surface area contributed by atoms with Crippen molar-refractivity contribution in [3.63, 3.8) is 0 Å². The number of rotatable bonds is 3. The van der Waals surface area contributed by atoms with Crippen LogP contribution < -0.4 is 10.6 Å². The molecule has 1 aromatic rings. The minimum atomic E-state index is -0.345. The summed E-state index contributed by atoms with van der Waals surface area (Å²) in [5, 5.41) is 14.8. The minimum absolute atomic E-state index is 0.0775. The standard InChI is InChI=1S/C13H21N5O2S/c1-5-18-7-8(6-9(18)19)14-11(20)15-12-17-16-10(21-12)13(2,3)4/h8H,5-7H2,1-4H3,(H2,14,15,17,20)/t8-/m1/s1. The minimum Gasteiger partial charge on any atom is -0.341 e. The number of nitrogens with zero attached hydrogens (tertiary/aromatic N) is 3. The van der Waals surface area contributed by atoms with Crippen LogP contribution in [-0.4, -0.2) is 46.2 Å². The molecule has 0 aromatic carbocycles. The normalized spacial score (nSPS) is 19.0. The van der Waals surface area contributed by atoms with Gasteiger partial charge in [-0.05, 0) is 6.92 Å². The highest BCUT2D eigenvalue weighted by atomic mass is 32.1. The van der Waals surface area contributed by atoms with Crippen LogP contribution in [0.2, 0.25) is 0 Å². The first-order valence-corrected chi connectivity index (χ1v) is 7.80. The van der Waals surface area contributed by atoms with E-state index in [1.807, 2.05) is 27.7 Å². The largest absolute Gasteiger partial charge is 0.341 e. The smallest absolute Gasteiger partial charge is 0.321 e. The molecule has 1 aliphatic heterocycles. The van der Waals surface area contributed by atoms with E-state index in [-0.39, 0.29) is 23.4 Å². The lowest BCUT2D eigenvalue weighted by molar-refractivity contribution is -0.127. The summed E-state index contributed by atoms with van der Waals surface area (Å²) in [7, 11) is 0. The van der Waals surface area contributed by atoms with Gasteiger partial charge in [0.2, 0.25) is 11.0 Å². The third kappa shape index (κ3) is 3.90. The lowest BCUT2D eigenvalue weighted by Crippen LogP contribution is -2.39. The lowest BCUT2D eigenvalue weighted by atomic mass is 9.98. The van der Waals surface area contributed by atoms with Crippen LogP contribution in [0.4, 0.5) is 9.93 Å². The second kappa shape index (κ2) is 5.97. The van der Waals surface area contributed by atoms with Gasteiger partial charge in [-0.1, -0.05) is 32.1 Å². The molecule has 0 aliphatic carbocycles. The number of amides is 3. The number of carbonyl (C=O) groups excluding carboxylic acids is 2. The fourth-order valence-electron chi connectivity index (χ4n) is 2.07. The van der Waals surface area contributed by atoms with Gasteiger partial charge in [0.05, 0.1) is 6.04 Å². The van der Waals surface area contributed by atoms with Gasteiger partial charge >= 0.3 is 6.03 Å². The molecule has 1 atom stereocenters. The summed E-state index contributed by atoms with van der Waals surface area (Å²) >= 11 is 1.36. The van der Waals surface area contributed by atoms with E-state index in [0.717, 1.165) is 5.01 Å². The molecular formula is C13H21N5O2S. The summed E-state index contributed by atoms with van der Waals surface area (Å²) in [6.45, 7) is 9.29. The average molecular weight is 311 g/mol. The molecule has 0 radical (unpaired) electrons. The molecule has 1 aromatic heterocycles. The Morgan fingerprint density at radius 2 is 2.14 bits per heavy atom. The average Bonchev–Trinajstić information content (AvgIpc) is 2.95. The van der Waals surface area contributed by atoms with Crippen molar-refractivity contribution in [2.45, 2.75) is 45.6 Å². The Labute approximate surface area is 128 Å². The zero-order valence-electron chi connectivity index (χ0n) is 12.8. The van der Waals surface area contributed by atoms with Gasteiger partial charge < -0.3 is 10.2 Å². The number of aromatic nitrogens is 2. The van der Waals surface area contributed by atoms with Gasteiger partial charge in [0, 0.05) is 24.9 Å². The predicted molar refractivity (Wildman–Crippen MR) is 81.4 cm³/mol. The molecule has 1 saturated heterocycles. The van der Waals surface area contributed by atoms with Crippen molar-refractivity contribution in [3.05, 3.63) is 5.01 Å². The van der Waals surface area contributed by atoms with E-state index in [0.29, 0.717) is 24.6 Å². The first-order chi connectivity index (χ1) is 9.79. The summed E-state index contributed by atoms with van der Waals surface area (Å²) < 4.78 is 0. The Morgan fingerprint density at radius 1 is 1.43 bits per heavy atom. The fraction of sp³-hybridized carbons (Fsp3) is 0.692. The Kier molecular flexibility index (Phi) is 4.46. The highest BCUT2D eigenvalue weighted by Gasteiger charge is 2.29. The number of likely N-dealkylation sites (N-methyl/N-ethyl adjacent to an activating group) is 1. The number of urea groups is 1. The highest BCUT2D eigenvalue weighted by molar-refractivity contribution is 7.15. The molecule has 3 amide bonds. The van der Waals surface area contributed by atoms with Gasteiger partial charge in [-0.25, -0.2) is 4.79 Å². The molecule has 2 heterocycles. The first kappa shape index (κ1) is 15.7. The second-order valence-electron chi connectivity index (χ2n) is 6.09. The van der Waals surface area contributed by atoms with Crippen LogP contribution in [0.1, 0.15) is 39.1 Å². The van der Waals surface area contributed by atoms with Crippen LogP contribution in [0, 0.1) is 0 Å². The molecule has 21 heavy (non-hydrogen) atoms. The third-order valence-electron chi connectivity index (χ3n) is 3.22. The van der Waals surface area contributed by atoms with E-state index in [1.54, 1.807) is 4.90 Å². The molecule has 1 aliphatic rings. The molecular weight excluding hydrogens is 290 g/mol. The predicted octanol–water partition coefficient (Wildman–Crippen LogP) is 1.58. The molecule has 7 nitrogen and oxygen atoms in total. The number of hydrogen-bond donors (Lipinski definition) is 2. The van der Waals surface area contributed by atoms with Gasteiger partial charge in [0.25, 0.3) is 0 Å². The molecule has 1 fully saturated rings. The van der Waals surface area contributed by atoms with E-state index in [9.17, 15) is 9.59 Å². The highest BCUT2D eigenvalue weighted by Crippen LogP contribution is 2.27. The van der Waals surface area contributed by atoms with Crippen molar-refractivity contribution in [2.75, 3.05) is 18.4 Å². The van der Waals surface area contributed by atoms with Gasteiger partial charge in [0.15, 0.2) is 0 Å². The van der Waals surface area contributed by atoms with E-state index >= 15 is 0 Å². The quantitative estimate of drug-likeness (QED) is 0.887. The molecule has 2 N–H and O–H groups in total. The number of likely N-dealkylation sites (tertiary alicyclic amines) is 1. The van der Waals surface area contributed by atoms with Crippen molar-refractivity contribution in [1.82, 2.24) is 20.4 Å². The number of nitrogens with one attached hydrogen (secondary N) is 2. The fourth-order valence-corrected chi connectivity index (χ4v) is 2.87. The first-order valence-electron chi connectivity index (χ1n) is 6.99. The van der Waals surface area contributed by atoms with Gasteiger partial charge in [-0.3, -0.25) is 10.1 Å². The van der Waals surface area contributed by atoms with Crippen LogP contribution in [0.15, 0.2) is 0 Å². The summed E-state index contributed by atoms with van der Waals surface area (Å²) in [4.78, 5) is 25.2. The molecule has 2 rings (SSSR count). The monoisotopic (exact) mass is 311 g/mol. The molecule has 8 heteroatoms. The van der Waals surface area contributed by atoms with Gasteiger partial charge in [-0.2, -0.15) is 0 Å². The maximum Gasteiger partial charge on any atom is 0.321 e. The lowest BCUT2D eigenvalue weighted by Gasteiger charge is -2.14. The topological polar surface area (TPSA) is 87.2 Å². The molecule has 116 valence electrons. The van der Waals surface area contributed by atoms with Crippen LogP contribution in [0.5, 0.6) is 0 Å². The molecule has 0 saturated carbocycles. The maximum atomic E-state index is 11.9. The van der Waals surface area contributed by atoms with Crippen LogP contribution in [0.25, 0.3) is 0 Å². The zero-order valence-corrected chi connectivity index (χ0v) is 13.6. The van der Waals surface area contributed by atoms with Crippen molar-refractivity contribution in [3.8, 4) is 0 Å². The molecule has 0 bridgehead atoms. The summed E-state index contributed by atoms with van der Waals surface area (Å²) in [5.74, 6) is 0.0775. The number of carbonyl (C=O) groups is 2. The van der Waals surface area contributed by atoms with E-state index < -0.39 is 0 Å². The van der Waals surface area contributed by atoms with E-state index in [1.165, 1.54) is 11.3 Å². The Balaban J connectivity index is 1.88. The third-order valence-corrected chi connectivity index (χ3v) is 4.48. The van der Waals surface area contributed by atoms with E-state index in [2.05, 4.69) is 20.8 Å². The number of anilines is 1. The summed E-state index contributed by atoms with van der Waals surface area (Å²) in [5.41, 5.74) is -0.0897. The van der Waals surface area contributed by atoms with Gasteiger partial charge in [0.1, 0.15) is 5.01 Å². The molecule has 0 spiro atoms. The van der Waals surface area contributed by atoms with Crippen molar-refractivity contribution >= 4 is 28.4 Å². The SMILES string of the molecule is CCN1C[C@H](NC(=O)Nc2nnc(C(C)(C)C)s2)CC1=O. The summed E-state index contributed by atoms with van der Waals surface area (Å²) in [6, 6.07) is -0.491. The van der Waals surface area contributed by atoms with Crippen LogP contribution >= 0.6 is 11.3 Å². The van der Waals surface area contributed by atoms with Crippen LogP contribution in [0.3, 0.4) is 0 Å². The van der Waals surface area contributed by atoms with Gasteiger partial charge in [-0.15, -0.1) is 10.2 Å². The molecule has 0 unspecified atom stereocenters. The van der Waals surface area contributed by atoms with Crippen molar-refractivity contribution in [2.24, 2.45) is 0 Å². The van der Waals surface area contributed by atoms with Crippen molar-refractivity contribution in [1.29, 1.82) is 0 Å². The zero-order chi connectivity index (χ0) is 15.6. The summed E-state index contributed by atoms with van der Waals surface area (Å²) in [6.07, 6.45) is 0.352.